The Balaban J connectivity index is 0.00000243. The van der Waals surface area contributed by atoms with Crippen molar-refractivity contribution in [1.82, 2.24) is 10.2 Å². The molecular weight excluding hydrogens is 352 g/mol. The minimum Gasteiger partial charge on any atom is -0.496 e. The summed E-state index contributed by atoms with van der Waals surface area (Å²) in [6.45, 7) is 8.48. The lowest BCUT2D eigenvalue weighted by Gasteiger charge is -2.33. The summed E-state index contributed by atoms with van der Waals surface area (Å²) >= 11 is 0. The van der Waals surface area contributed by atoms with Crippen molar-refractivity contribution in [3.8, 4) is 11.5 Å². The van der Waals surface area contributed by atoms with E-state index in [1.807, 2.05) is 18.7 Å². The lowest BCUT2D eigenvalue weighted by atomic mass is 10.0. The largest absolute Gasteiger partial charge is 0.496 e. The quantitative estimate of drug-likeness (QED) is 0.849. The van der Waals surface area contributed by atoms with Crippen molar-refractivity contribution in [1.29, 1.82) is 0 Å². The third kappa shape index (κ3) is 4.63. The van der Waals surface area contributed by atoms with Crippen LogP contribution >= 0.6 is 12.4 Å². The van der Waals surface area contributed by atoms with E-state index in [4.69, 9.17) is 9.47 Å². The summed E-state index contributed by atoms with van der Waals surface area (Å²) in [6, 6.07) is 4.66. The average Bonchev–Trinajstić information content (AvgIpc) is 2.97. The number of amides is 1. The number of piperidine rings is 1. The topological polar surface area (TPSA) is 50.8 Å². The van der Waals surface area contributed by atoms with Gasteiger partial charge in [0, 0.05) is 49.1 Å². The zero-order valence-corrected chi connectivity index (χ0v) is 17.0. The molecule has 0 spiro atoms. The molecule has 0 radical (unpaired) electrons. The van der Waals surface area contributed by atoms with Gasteiger partial charge in [0.2, 0.25) is 5.91 Å². The van der Waals surface area contributed by atoms with Crippen LogP contribution in [0.2, 0.25) is 0 Å². The van der Waals surface area contributed by atoms with Crippen LogP contribution in [0, 0.1) is 5.92 Å². The molecule has 0 saturated carbocycles. The van der Waals surface area contributed by atoms with E-state index < -0.39 is 0 Å². The van der Waals surface area contributed by atoms with Crippen LogP contribution in [-0.4, -0.2) is 43.2 Å². The second-order valence-electron chi connectivity index (χ2n) is 7.54. The van der Waals surface area contributed by atoms with Crippen LogP contribution in [0.1, 0.15) is 44.7 Å². The van der Waals surface area contributed by atoms with Gasteiger partial charge in [0.1, 0.15) is 17.6 Å². The fourth-order valence-electron chi connectivity index (χ4n) is 3.73. The molecule has 0 bridgehead atoms. The van der Waals surface area contributed by atoms with Gasteiger partial charge in [0.05, 0.1) is 7.11 Å². The van der Waals surface area contributed by atoms with E-state index in [1.165, 1.54) is 5.56 Å². The van der Waals surface area contributed by atoms with E-state index in [0.29, 0.717) is 6.04 Å². The van der Waals surface area contributed by atoms with Gasteiger partial charge >= 0.3 is 0 Å². The predicted molar refractivity (Wildman–Crippen MR) is 105 cm³/mol. The van der Waals surface area contributed by atoms with Gasteiger partial charge in [-0.15, -0.1) is 12.4 Å². The van der Waals surface area contributed by atoms with Gasteiger partial charge in [-0.3, -0.25) is 4.79 Å². The third-order valence-corrected chi connectivity index (χ3v) is 5.18. The van der Waals surface area contributed by atoms with Crippen LogP contribution in [-0.2, 0) is 17.8 Å². The molecular formula is C20H31ClN2O3. The number of hydrogen-bond donors (Lipinski definition) is 1. The minimum absolute atomic E-state index is 0. The predicted octanol–water partition coefficient (Wildman–Crippen LogP) is 3.18. The first-order valence-corrected chi connectivity index (χ1v) is 9.36. The molecule has 6 heteroatoms. The van der Waals surface area contributed by atoms with Crippen LogP contribution in [0.25, 0.3) is 0 Å². The van der Waals surface area contributed by atoms with Crippen molar-refractivity contribution >= 4 is 18.3 Å². The molecule has 0 aliphatic carbocycles. The van der Waals surface area contributed by atoms with Crippen molar-refractivity contribution < 1.29 is 14.3 Å². The Morgan fingerprint density at radius 1 is 1.35 bits per heavy atom. The summed E-state index contributed by atoms with van der Waals surface area (Å²) in [5.74, 6) is 2.27. The van der Waals surface area contributed by atoms with Gasteiger partial charge < -0.3 is 19.7 Å². The molecule has 26 heavy (non-hydrogen) atoms. The van der Waals surface area contributed by atoms with Crippen LogP contribution < -0.4 is 14.8 Å². The van der Waals surface area contributed by atoms with E-state index in [9.17, 15) is 4.79 Å². The summed E-state index contributed by atoms with van der Waals surface area (Å²) in [5, 5.41) is 3.63. The molecule has 1 aromatic rings. The minimum atomic E-state index is 0. The van der Waals surface area contributed by atoms with E-state index in [-0.39, 0.29) is 30.3 Å². The fourth-order valence-corrected chi connectivity index (χ4v) is 3.73. The van der Waals surface area contributed by atoms with E-state index in [2.05, 4.69) is 24.4 Å². The Labute approximate surface area is 162 Å². The maximum Gasteiger partial charge on any atom is 0.225 e. The standard InChI is InChI=1S/C20H30N2O3.ClH/c1-13(2)20(23)22-7-5-17(6-8-22)21-12-16-11-19-15(9-14(3)25-19)10-18(16)24-4;/h10-11,13-14,17,21H,5-9,12H2,1-4H3;1H. The second kappa shape index (κ2) is 8.96. The molecule has 1 atom stereocenters. The van der Waals surface area contributed by atoms with Crippen LogP contribution in [0.3, 0.4) is 0 Å². The lowest BCUT2D eigenvalue weighted by molar-refractivity contribution is -0.135. The van der Waals surface area contributed by atoms with Gasteiger partial charge in [-0.25, -0.2) is 0 Å². The van der Waals surface area contributed by atoms with Gasteiger partial charge in [0.15, 0.2) is 0 Å². The van der Waals surface area contributed by atoms with Gasteiger partial charge in [-0.1, -0.05) is 13.8 Å². The number of rotatable bonds is 5. The average molecular weight is 383 g/mol. The third-order valence-electron chi connectivity index (χ3n) is 5.18. The first-order valence-electron chi connectivity index (χ1n) is 9.36. The highest BCUT2D eigenvalue weighted by atomic mass is 35.5. The number of halogens is 1. The molecule has 146 valence electrons. The van der Waals surface area contributed by atoms with E-state index in [0.717, 1.165) is 56.0 Å². The number of methoxy groups -OCH3 is 1. The summed E-state index contributed by atoms with van der Waals surface area (Å²) in [7, 11) is 1.72. The molecule has 0 aromatic heterocycles. The molecule has 1 fully saturated rings. The van der Waals surface area contributed by atoms with Gasteiger partial charge in [0.25, 0.3) is 0 Å². The molecule has 1 amide bonds. The molecule has 1 aromatic carbocycles. The molecule has 5 nitrogen and oxygen atoms in total. The number of likely N-dealkylation sites (tertiary alicyclic amines) is 1. The first-order chi connectivity index (χ1) is 12.0. The van der Waals surface area contributed by atoms with Crippen molar-refractivity contribution in [3.63, 3.8) is 0 Å². The number of carbonyl (C=O) groups excluding carboxylic acids is 1. The molecule has 1 unspecified atom stereocenters. The Morgan fingerprint density at radius 2 is 2.04 bits per heavy atom. The van der Waals surface area contributed by atoms with Gasteiger partial charge in [-0.05, 0) is 31.9 Å². The molecule has 2 aliphatic rings. The number of carbonyl (C=O) groups is 1. The monoisotopic (exact) mass is 382 g/mol. The molecule has 1 saturated heterocycles. The van der Waals surface area contributed by atoms with Crippen LogP contribution in [0.4, 0.5) is 0 Å². The summed E-state index contributed by atoms with van der Waals surface area (Å²) in [4.78, 5) is 14.1. The van der Waals surface area contributed by atoms with Crippen LogP contribution in [0.15, 0.2) is 12.1 Å². The molecule has 1 N–H and O–H groups in total. The van der Waals surface area contributed by atoms with Crippen LogP contribution in [0.5, 0.6) is 11.5 Å². The highest BCUT2D eigenvalue weighted by Gasteiger charge is 2.25. The zero-order chi connectivity index (χ0) is 18.0. The highest BCUT2D eigenvalue weighted by Crippen LogP contribution is 2.35. The van der Waals surface area contributed by atoms with Crippen molar-refractivity contribution in [2.45, 2.75) is 58.7 Å². The lowest BCUT2D eigenvalue weighted by Crippen LogP contribution is -2.46. The highest BCUT2D eigenvalue weighted by molar-refractivity contribution is 5.85. The molecule has 2 heterocycles. The normalized spacial score (nSPS) is 19.7. The zero-order valence-electron chi connectivity index (χ0n) is 16.2. The Hall–Kier alpha value is -1.46. The number of hydrogen-bond acceptors (Lipinski definition) is 4. The first kappa shape index (κ1) is 20.8. The van der Waals surface area contributed by atoms with Crippen molar-refractivity contribution in [2.24, 2.45) is 5.92 Å². The van der Waals surface area contributed by atoms with Gasteiger partial charge in [-0.2, -0.15) is 0 Å². The number of benzene rings is 1. The van der Waals surface area contributed by atoms with Crippen molar-refractivity contribution in [2.75, 3.05) is 20.2 Å². The fraction of sp³-hybridized carbons (Fsp3) is 0.650. The smallest absolute Gasteiger partial charge is 0.225 e. The maximum atomic E-state index is 12.1. The van der Waals surface area contributed by atoms with E-state index in [1.54, 1.807) is 7.11 Å². The number of nitrogens with one attached hydrogen (secondary N) is 1. The number of fused-ring (bicyclic) bond motifs is 1. The SMILES string of the molecule is COc1cc2c(cc1CNC1CCN(C(=O)C(C)C)CC1)OC(C)C2.Cl. The maximum absolute atomic E-state index is 12.1. The Kier molecular flexibility index (Phi) is 7.18. The Morgan fingerprint density at radius 3 is 2.65 bits per heavy atom. The number of ether oxygens (including phenoxy) is 2. The van der Waals surface area contributed by atoms with Crippen molar-refractivity contribution in [3.05, 3.63) is 23.3 Å². The number of nitrogens with zero attached hydrogens (tertiary/aromatic N) is 1. The Bertz CT molecular complexity index is 628. The second-order valence-corrected chi connectivity index (χ2v) is 7.54. The molecule has 2 aliphatic heterocycles. The summed E-state index contributed by atoms with van der Waals surface area (Å²) < 4.78 is 11.4. The summed E-state index contributed by atoms with van der Waals surface area (Å²) in [5.41, 5.74) is 2.37. The summed E-state index contributed by atoms with van der Waals surface area (Å²) in [6.07, 6.45) is 3.19. The molecule has 3 rings (SSSR count). The van der Waals surface area contributed by atoms with E-state index >= 15 is 0 Å².